The summed E-state index contributed by atoms with van der Waals surface area (Å²) in [4.78, 5) is 36.8. The van der Waals surface area contributed by atoms with Crippen molar-refractivity contribution in [3.05, 3.63) is 59.7 Å². The Morgan fingerprint density at radius 3 is 2.27 bits per heavy atom. The van der Waals surface area contributed by atoms with Gasteiger partial charge in [0.2, 0.25) is 0 Å². The third-order valence-electron chi connectivity index (χ3n) is 6.78. The van der Waals surface area contributed by atoms with Crippen LogP contribution < -0.4 is 9.47 Å². The highest BCUT2D eigenvalue weighted by atomic mass is 28.4. The topological polar surface area (TPSA) is 116 Å². The zero-order valence-corrected chi connectivity index (χ0v) is 28.7. The van der Waals surface area contributed by atoms with Gasteiger partial charge in [-0.3, -0.25) is 14.4 Å². The Morgan fingerprint density at radius 1 is 1.02 bits per heavy atom. The van der Waals surface area contributed by atoms with Crippen LogP contribution in [0.2, 0.25) is 19.6 Å². The monoisotopic (exact) mass is 632 g/mol. The Kier molecular flexibility index (Phi) is 13.6. The standard InChI is InChI=1S/C33H48O10Si/c1-23(34)40-22-31(42-32(3,4)39-7)29(41-24(2)35)15-11-14-26-27(36)18-20-33(26,43-44(8,9)10)19-12-13-25-16-17-28(37-5)30(21-25)38-6/h11,14-18,20-21,29,31H,12-13,19,22H2,1-10H3. The van der Waals surface area contributed by atoms with Gasteiger partial charge in [0.1, 0.15) is 24.4 Å². The number of aryl methyl sites for hydroxylation is 1. The zero-order chi connectivity index (χ0) is 33.1. The maximum atomic E-state index is 13.2. The van der Waals surface area contributed by atoms with Crippen molar-refractivity contribution in [1.82, 2.24) is 0 Å². The lowest BCUT2D eigenvalue weighted by Gasteiger charge is -2.36. The third kappa shape index (κ3) is 11.3. The molecule has 1 aliphatic rings. The van der Waals surface area contributed by atoms with Crippen LogP contribution in [-0.2, 0) is 44.2 Å². The molecule has 0 heterocycles. The molecule has 0 spiro atoms. The summed E-state index contributed by atoms with van der Waals surface area (Å²) in [6, 6.07) is 5.83. The number of carbonyl (C=O) groups is 3. The summed E-state index contributed by atoms with van der Waals surface area (Å²) in [6.07, 6.45) is 8.56. The number of ether oxygens (including phenoxy) is 6. The van der Waals surface area contributed by atoms with Crippen molar-refractivity contribution in [1.29, 1.82) is 0 Å². The fourth-order valence-corrected chi connectivity index (χ4v) is 6.19. The molecule has 0 radical (unpaired) electrons. The third-order valence-corrected chi connectivity index (χ3v) is 7.76. The van der Waals surface area contributed by atoms with E-state index in [1.807, 2.05) is 24.3 Å². The molecule has 1 aromatic rings. The molecule has 0 fully saturated rings. The summed E-state index contributed by atoms with van der Waals surface area (Å²) in [5, 5.41) is 0. The van der Waals surface area contributed by atoms with Crippen molar-refractivity contribution in [2.45, 2.75) is 90.2 Å². The van der Waals surface area contributed by atoms with Gasteiger partial charge >= 0.3 is 11.9 Å². The molecular weight excluding hydrogens is 584 g/mol. The van der Waals surface area contributed by atoms with E-state index in [-0.39, 0.29) is 12.4 Å². The van der Waals surface area contributed by atoms with Crippen LogP contribution in [0.15, 0.2) is 54.2 Å². The van der Waals surface area contributed by atoms with E-state index < -0.39 is 43.9 Å². The minimum Gasteiger partial charge on any atom is -0.493 e. The molecule has 0 N–H and O–H groups in total. The highest BCUT2D eigenvalue weighted by Gasteiger charge is 2.42. The Morgan fingerprint density at radius 2 is 1.70 bits per heavy atom. The fraction of sp³-hybridized carbons (Fsp3) is 0.545. The molecule has 0 saturated heterocycles. The van der Waals surface area contributed by atoms with Crippen LogP contribution in [0.5, 0.6) is 11.5 Å². The fourth-order valence-electron chi connectivity index (χ4n) is 4.82. The molecule has 0 aliphatic heterocycles. The van der Waals surface area contributed by atoms with Gasteiger partial charge in [0.25, 0.3) is 0 Å². The van der Waals surface area contributed by atoms with Gasteiger partial charge in [-0.15, -0.1) is 0 Å². The number of carbonyl (C=O) groups excluding carboxylic acids is 3. The number of ketones is 1. The van der Waals surface area contributed by atoms with Crippen molar-refractivity contribution in [3.63, 3.8) is 0 Å². The van der Waals surface area contributed by atoms with E-state index in [1.54, 1.807) is 52.4 Å². The summed E-state index contributed by atoms with van der Waals surface area (Å²) >= 11 is 0. The molecule has 0 amide bonds. The lowest BCUT2D eigenvalue weighted by atomic mass is 9.89. The van der Waals surface area contributed by atoms with Crippen LogP contribution in [0.4, 0.5) is 0 Å². The van der Waals surface area contributed by atoms with Gasteiger partial charge in [-0.1, -0.05) is 18.2 Å². The van der Waals surface area contributed by atoms with Gasteiger partial charge in [0, 0.05) is 26.5 Å². The summed E-state index contributed by atoms with van der Waals surface area (Å²) < 4.78 is 39.6. The number of methoxy groups -OCH3 is 3. The first-order valence-electron chi connectivity index (χ1n) is 14.6. The van der Waals surface area contributed by atoms with Crippen LogP contribution >= 0.6 is 0 Å². The summed E-state index contributed by atoms with van der Waals surface area (Å²) in [6.45, 7) is 12.0. The Hall–Kier alpha value is -3.25. The molecule has 11 heteroatoms. The van der Waals surface area contributed by atoms with Crippen molar-refractivity contribution in [3.8, 4) is 11.5 Å². The first-order chi connectivity index (χ1) is 20.5. The van der Waals surface area contributed by atoms with E-state index in [2.05, 4.69) is 19.6 Å². The maximum absolute atomic E-state index is 13.2. The van der Waals surface area contributed by atoms with E-state index in [9.17, 15) is 14.4 Å². The summed E-state index contributed by atoms with van der Waals surface area (Å²) in [5.41, 5.74) is 0.650. The normalized spacial score (nSPS) is 19.3. The van der Waals surface area contributed by atoms with Gasteiger partial charge in [0.15, 0.2) is 31.4 Å². The highest BCUT2D eigenvalue weighted by molar-refractivity contribution is 6.70. The zero-order valence-electron chi connectivity index (χ0n) is 27.7. The second-order valence-electron chi connectivity index (χ2n) is 11.9. The molecule has 2 rings (SSSR count). The largest absolute Gasteiger partial charge is 0.493 e. The van der Waals surface area contributed by atoms with Gasteiger partial charge < -0.3 is 32.8 Å². The van der Waals surface area contributed by atoms with Crippen LogP contribution in [-0.4, -0.2) is 77.6 Å². The average Bonchev–Trinajstić information content (AvgIpc) is 3.23. The SMILES string of the molecule is COc1ccc(CCCC2(O[Si](C)(C)C)C=CC(=O)C2=CC=CC(OC(C)=O)C(COC(C)=O)OC(C)(C)OC)cc1OC. The smallest absolute Gasteiger partial charge is 0.303 e. The Bertz CT molecular complexity index is 1240. The number of benzene rings is 1. The van der Waals surface area contributed by atoms with Gasteiger partial charge in [-0.05, 0) is 88.7 Å². The summed E-state index contributed by atoms with van der Waals surface area (Å²) in [5.74, 6) is -0.956. The minimum absolute atomic E-state index is 0.156. The number of esters is 2. The molecule has 0 bridgehead atoms. The van der Waals surface area contributed by atoms with Crippen molar-refractivity contribution in [2.24, 2.45) is 0 Å². The molecule has 3 unspecified atom stereocenters. The number of allylic oxidation sites excluding steroid dienone is 3. The van der Waals surface area contributed by atoms with Gasteiger partial charge in [0.05, 0.1) is 14.2 Å². The second-order valence-corrected chi connectivity index (χ2v) is 16.4. The van der Waals surface area contributed by atoms with Crippen molar-refractivity contribution in [2.75, 3.05) is 27.9 Å². The van der Waals surface area contributed by atoms with Gasteiger partial charge in [-0.25, -0.2) is 0 Å². The van der Waals surface area contributed by atoms with Crippen LogP contribution in [0.1, 0.15) is 46.1 Å². The molecule has 10 nitrogen and oxygen atoms in total. The molecule has 244 valence electrons. The molecule has 0 saturated carbocycles. The second kappa shape index (κ2) is 16.2. The highest BCUT2D eigenvalue weighted by Crippen LogP contribution is 2.38. The molecule has 3 atom stereocenters. The predicted octanol–water partition coefficient (Wildman–Crippen LogP) is 5.50. The maximum Gasteiger partial charge on any atom is 0.303 e. The van der Waals surface area contributed by atoms with E-state index in [0.717, 1.165) is 18.4 Å². The summed E-state index contributed by atoms with van der Waals surface area (Å²) in [7, 11) is 2.55. The lowest BCUT2D eigenvalue weighted by Crippen LogP contribution is -2.43. The van der Waals surface area contributed by atoms with E-state index in [4.69, 9.17) is 32.8 Å². The van der Waals surface area contributed by atoms with Crippen LogP contribution in [0.25, 0.3) is 0 Å². The van der Waals surface area contributed by atoms with E-state index in [1.165, 1.54) is 21.0 Å². The molecular formula is C33H48O10Si. The number of hydrogen-bond donors (Lipinski definition) is 0. The van der Waals surface area contributed by atoms with Crippen molar-refractivity contribution >= 4 is 26.0 Å². The van der Waals surface area contributed by atoms with Crippen molar-refractivity contribution < 1.29 is 47.2 Å². The predicted molar refractivity (Wildman–Crippen MR) is 169 cm³/mol. The molecule has 0 aromatic heterocycles. The Labute approximate surface area is 262 Å². The minimum atomic E-state index is -2.13. The molecule has 1 aromatic carbocycles. The van der Waals surface area contributed by atoms with Crippen LogP contribution in [0.3, 0.4) is 0 Å². The molecule has 1 aliphatic carbocycles. The number of rotatable bonds is 17. The van der Waals surface area contributed by atoms with Crippen LogP contribution in [0, 0.1) is 0 Å². The van der Waals surface area contributed by atoms with E-state index >= 15 is 0 Å². The van der Waals surface area contributed by atoms with Gasteiger partial charge in [-0.2, -0.15) is 0 Å². The van der Waals surface area contributed by atoms with E-state index in [0.29, 0.717) is 23.5 Å². The average molecular weight is 633 g/mol. The number of hydrogen-bond acceptors (Lipinski definition) is 10. The lowest BCUT2D eigenvalue weighted by molar-refractivity contribution is -0.246. The first-order valence-corrected chi connectivity index (χ1v) is 18.0. The molecule has 44 heavy (non-hydrogen) atoms. The first kappa shape index (κ1) is 36.9. The Balaban J connectivity index is 2.40. The quantitative estimate of drug-likeness (QED) is 0.0943.